The molecule has 17 heavy (non-hydrogen) atoms. The number of methoxy groups -OCH3 is 1. The quantitative estimate of drug-likeness (QED) is 0.831. The van der Waals surface area contributed by atoms with Crippen molar-refractivity contribution in [2.75, 3.05) is 12.4 Å². The molecule has 0 saturated heterocycles. The summed E-state index contributed by atoms with van der Waals surface area (Å²) in [6.07, 6.45) is 0. The van der Waals surface area contributed by atoms with E-state index in [9.17, 15) is 4.79 Å². The summed E-state index contributed by atoms with van der Waals surface area (Å²) in [5.41, 5.74) is 1.95. The zero-order valence-electron chi connectivity index (χ0n) is 10.8. The van der Waals surface area contributed by atoms with Crippen molar-refractivity contribution >= 4 is 34.2 Å². The summed E-state index contributed by atoms with van der Waals surface area (Å²) in [7, 11) is 1.61. The molecule has 0 radical (unpaired) electrons. The first-order chi connectivity index (χ1) is 7.75. The first kappa shape index (κ1) is 14.3. The van der Waals surface area contributed by atoms with E-state index in [1.165, 1.54) is 12.5 Å². The van der Waals surface area contributed by atoms with Crippen LogP contribution in [0.3, 0.4) is 0 Å². The van der Waals surface area contributed by atoms with E-state index in [2.05, 4.69) is 54.7 Å². The molecule has 0 aliphatic carbocycles. The van der Waals surface area contributed by atoms with Crippen LogP contribution in [0.25, 0.3) is 0 Å². The third-order valence-electron chi connectivity index (χ3n) is 2.42. The lowest BCUT2D eigenvalue weighted by atomic mass is 9.87. The van der Waals surface area contributed by atoms with E-state index in [1.54, 1.807) is 7.11 Å². The number of ether oxygens (including phenoxy) is 1. The molecule has 0 heterocycles. The highest BCUT2D eigenvalue weighted by atomic mass is 127. The Balaban J connectivity index is 3.33. The molecule has 0 spiro atoms. The maximum Gasteiger partial charge on any atom is 0.221 e. The molecule has 4 heteroatoms. The fourth-order valence-electron chi connectivity index (χ4n) is 1.52. The van der Waals surface area contributed by atoms with Gasteiger partial charge in [0.25, 0.3) is 0 Å². The Kier molecular flexibility index (Phi) is 4.41. The van der Waals surface area contributed by atoms with E-state index in [-0.39, 0.29) is 11.3 Å². The highest BCUT2D eigenvalue weighted by Crippen LogP contribution is 2.35. The lowest BCUT2D eigenvalue weighted by Gasteiger charge is -2.22. The third-order valence-corrected chi connectivity index (χ3v) is 3.23. The number of amides is 1. The molecule has 0 aromatic heterocycles. The van der Waals surface area contributed by atoms with Gasteiger partial charge in [-0.2, -0.15) is 0 Å². The van der Waals surface area contributed by atoms with Gasteiger partial charge in [-0.05, 0) is 45.7 Å². The Labute approximate surface area is 116 Å². The molecule has 1 aromatic rings. The van der Waals surface area contributed by atoms with Crippen LogP contribution < -0.4 is 10.1 Å². The van der Waals surface area contributed by atoms with Crippen LogP contribution in [-0.4, -0.2) is 13.0 Å². The molecule has 0 unspecified atom stereocenters. The van der Waals surface area contributed by atoms with Crippen molar-refractivity contribution in [2.24, 2.45) is 0 Å². The van der Waals surface area contributed by atoms with E-state index >= 15 is 0 Å². The Hall–Kier alpha value is -0.780. The van der Waals surface area contributed by atoms with Gasteiger partial charge in [0.15, 0.2) is 5.75 Å². The second-order valence-electron chi connectivity index (χ2n) is 4.97. The summed E-state index contributed by atoms with van der Waals surface area (Å²) in [5, 5.41) is 2.81. The standard InChI is InChI=1S/C13H18INO2/c1-8(16)15-11-7-9(13(2,3)4)6-10(14)12(11)17-5/h6-7H,1-5H3,(H,15,16). The molecule has 0 aliphatic heterocycles. The molecular weight excluding hydrogens is 329 g/mol. The SMILES string of the molecule is COc1c(I)cc(C(C)(C)C)cc1NC(C)=O. The van der Waals surface area contributed by atoms with Gasteiger partial charge in [-0.1, -0.05) is 20.8 Å². The Bertz CT molecular complexity index is 436. The minimum Gasteiger partial charge on any atom is -0.493 e. The third kappa shape index (κ3) is 3.59. The average Bonchev–Trinajstić information content (AvgIpc) is 2.14. The average molecular weight is 347 g/mol. The maximum absolute atomic E-state index is 11.2. The molecule has 1 amide bonds. The predicted molar refractivity (Wildman–Crippen MR) is 78.7 cm³/mol. The van der Waals surface area contributed by atoms with Crippen molar-refractivity contribution in [2.45, 2.75) is 33.1 Å². The maximum atomic E-state index is 11.2. The topological polar surface area (TPSA) is 38.3 Å². The fraction of sp³-hybridized carbons (Fsp3) is 0.462. The van der Waals surface area contributed by atoms with Crippen LogP contribution in [0, 0.1) is 3.57 Å². The highest BCUT2D eigenvalue weighted by molar-refractivity contribution is 14.1. The number of benzene rings is 1. The molecule has 0 saturated carbocycles. The number of hydrogen-bond acceptors (Lipinski definition) is 2. The lowest BCUT2D eigenvalue weighted by Crippen LogP contribution is -2.14. The summed E-state index contributed by atoms with van der Waals surface area (Å²) < 4.78 is 6.32. The van der Waals surface area contributed by atoms with E-state index in [1.807, 2.05) is 6.07 Å². The van der Waals surface area contributed by atoms with Gasteiger partial charge < -0.3 is 10.1 Å². The van der Waals surface area contributed by atoms with Crippen molar-refractivity contribution in [1.29, 1.82) is 0 Å². The highest BCUT2D eigenvalue weighted by Gasteiger charge is 2.18. The summed E-state index contributed by atoms with van der Waals surface area (Å²) in [5.74, 6) is 0.624. The second kappa shape index (κ2) is 5.25. The van der Waals surface area contributed by atoms with Crippen molar-refractivity contribution in [3.05, 3.63) is 21.3 Å². The predicted octanol–water partition coefficient (Wildman–Crippen LogP) is 3.56. The van der Waals surface area contributed by atoms with Gasteiger partial charge in [0, 0.05) is 6.92 Å². The van der Waals surface area contributed by atoms with Crippen molar-refractivity contribution in [1.82, 2.24) is 0 Å². The number of anilines is 1. The summed E-state index contributed by atoms with van der Waals surface area (Å²) in [6.45, 7) is 7.92. The van der Waals surface area contributed by atoms with Crippen molar-refractivity contribution in [3.63, 3.8) is 0 Å². The normalized spacial score (nSPS) is 11.2. The summed E-state index contributed by atoms with van der Waals surface area (Å²) >= 11 is 2.22. The van der Waals surface area contributed by atoms with E-state index in [0.29, 0.717) is 5.75 Å². The minimum atomic E-state index is -0.0924. The molecule has 3 nitrogen and oxygen atoms in total. The molecule has 0 atom stereocenters. The first-order valence-electron chi connectivity index (χ1n) is 5.41. The zero-order valence-corrected chi connectivity index (χ0v) is 13.0. The Morgan fingerprint density at radius 1 is 1.35 bits per heavy atom. The number of rotatable bonds is 2. The van der Waals surface area contributed by atoms with E-state index in [0.717, 1.165) is 9.26 Å². The second-order valence-corrected chi connectivity index (χ2v) is 6.13. The first-order valence-corrected chi connectivity index (χ1v) is 6.49. The zero-order chi connectivity index (χ0) is 13.2. The molecule has 94 valence electrons. The summed E-state index contributed by atoms with van der Waals surface area (Å²) in [4.78, 5) is 11.2. The largest absolute Gasteiger partial charge is 0.493 e. The van der Waals surface area contributed by atoms with E-state index < -0.39 is 0 Å². The smallest absolute Gasteiger partial charge is 0.221 e. The van der Waals surface area contributed by atoms with Crippen molar-refractivity contribution < 1.29 is 9.53 Å². The number of carbonyl (C=O) groups is 1. The van der Waals surface area contributed by atoms with Crippen LogP contribution in [0.15, 0.2) is 12.1 Å². The Morgan fingerprint density at radius 2 is 1.94 bits per heavy atom. The number of hydrogen-bond donors (Lipinski definition) is 1. The number of carbonyl (C=O) groups excluding carboxylic acids is 1. The molecule has 0 fully saturated rings. The lowest BCUT2D eigenvalue weighted by molar-refractivity contribution is -0.114. The van der Waals surface area contributed by atoms with Gasteiger partial charge in [0.1, 0.15) is 0 Å². The molecule has 0 bridgehead atoms. The minimum absolute atomic E-state index is 0.0411. The Morgan fingerprint density at radius 3 is 2.35 bits per heavy atom. The molecule has 1 rings (SSSR count). The van der Waals surface area contributed by atoms with Gasteiger partial charge in [0.2, 0.25) is 5.91 Å². The van der Waals surface area contributed by atoms with Crippen LogP contribution in [0.1, 0.15) is 33.3 Å². The van der Waals surface area contributed by atoms with Gasteiger partial charge in [-0.25, -0.2) is 0 Å². The number of halogens is 1. The van der Waals surface area contributed by atoms with Gasteiger partial charge >= 0.3 is 0 Å². The van der Waals surface area contributed by atoms with Crippen LogP contribution in [0.5, 0.6) is 5.75 Å². The molecule has 0 aliphatic rings. The van der Waals surface area contributed by atoms with E-state index in [4.69, 9.17) is 4.74 Å². The monoisotopic (exact) mass is 347 g/mol. The molecule has 1 aromatic carbocycles. The van der Waals surface area contributed by atoms with Crippen LogP contribution in [-0.2, 0) is 10.2 Å². The van der Waals surface area contributed by atoms with Gasteiger partial charge in [-0.15, -0.1) is 0 Å². The van der Waals surface area contributed by atoms with Gasteiger partial charge in [0.05, 0.1) is 16.4 Å². The fourth-order valence-corrected chi connectivity index (χ4v) is 2.36. The number of nitrogens with one attached hydrogen (secondary N) is 1. The molecular formula is C13H18INO2. The van der Waals surface area contributed by atoms with Crippen LogP contribution >= 0.6 is 22.6 Å². The molecule has 1 N–H and O–H groups in total. The van der Waals surface area contributed by atoms with Gasteiger partial charge in [-0.3, -0.25) is 4.79 Å². The van der Waals surface area contributed by atoms with Crippen LogP contribution in [0.2, 0.25) is 0 Å². The summed E-state index contributed by atoms with van der Waals surface area (Å²) in [6, 6.07) is 4.06. The van der Waals surface area contributed by atoms with Crippen molar-refractivity contribution in [3.8, 4) is 5.75 Å². The van der Waals surface area contributed by atoms with Crippen LogP contribution in [0.4, 0.5) is 5.69 Å².